The summed E-state index contributed by atoms with van der Waals surface area (Å²) in [6, 6.07) is 0. The first-order valence-corrected chi connectivity index (χ1v) is 4.43. The van der Waals surface area contributed by atoms with E-state index in [2.05, 4.69) is 4.74 Å². The Bertz CT molecular complexity index is 168. The van der Waals surface area contributed by atoms with Crippen molar-refractivity contribution in [2.24, 2.45) is 0 Å². The van der Waals surface area contributed by atoms with Gasteiger partial charge in [0.15, 0.2) is 5.60 Å². The minimum Gasteiger partial charge on any atom is -0.467 e. The summed E-state index contributed by atoms with van der Waals surface area (Å²) in [7, 11) is 3.14. The molecule has 78 valence electrons. The number of carbonyl (C=O) groups excluding carboxylic acids is 1. The van der Waals surface area contributed by atoms with Crippen molar-refractivity contribution >= 4 is 5.97 Å². The summed E-state index contributed by atoms with van der Waals surface area (Å²) >= 11 is 0. The Balaban J connectivity index is 4.07. The van der Waals surface area contributed by atoms with Gasteiger partial charge >= 0.3 is 5.97 Å². The molecule has 0 aromatic rings. The predicted molar refractivity (Wildman–Crippen MR) is 50.4 cm³/mol. The number of likely N-dealkylation sites (N-methyl/N-ethyl adjacent to an activating group) is 1. The molecular formula is C9H19NO3. The maximum Gasteiger partial charge on any atom is 0.338 e. The predicted octanol–water partition coefficient (Wildman–Crippen LogP) is 0.252. The normalized spacial score (nSPS) is 15.5. The van der Waals surface area contributed by atoms with Crippen LogP contribution in [0.15, 0.2) is 0 Å². The quantitative estimate of drug-likeness (QED) is 0.630. The van der Waals surface area contributed by atoms with E-state index in [4.69, 9.17) is 0 Å². The van der Waals surface area contributed by atoms with Crippen molar-refractivity contribution in [3.8, 4) is 0 Å². The van der Waals surface area contributed by atoms with Gasteiger partial charge in [-0.2, -0.15) is 0 Å². The van der Waals surface area contributed by atoms with E-state index in [1.807, 2.05) is 18.9 Å². The monoisotopic (exact) mass is 189 g/mol. The molecule has 0 fully saturated rings. The minimum atomic E-state index is -1.40. The van der Waals surface area contributed by atoms with Gasteiger partial charge in [0.05, 0.1) is 7.11 Å². The highest BCUT2D eigenvalue weighted by Crippen LogP contribution is 2.07. The standard InChI is InChI=1S/C9H19NO3/c1-5-6-10(3)7-9(2,12)8(11)13-4/h12H,5-7H2,1-4H3. The fourth-order valence-electron chi connectivity index (χ4n) is 1.27. The first-order valence-electron chi connectivity index (χ1n) is 4.43. The van der Waals surface area contributed by atoms with E-state index in [-0.39, 0.29) is 0 Å². The fourth-order valence-corrected chi connectivity index (χ4v) is 1.27. The Kier molecular flexibility index (Phi) is 4.95. The molecule has 0 amide bonds. The van der Waals surface area contributed by atoms with E-state index >= 15 is 0 Å². The lowest BCUT2D eigenvalue weighted by Crippen LogP contribution is -2.46. The molecule has 0 aliphatic rings. The van der Waals surface area contributed by atoms with Crippen LogP contribution in [0, 0.1) is 0 Å². The van der Waals surface area contributed by atoms with E-state index in [0.29, 0.717) is 6.54 Å². The average molecular weight is 189 g/mol. The van der Waals surface area contributed by atoms with Crippen LogP contribution in [0.25, 0.3) is 0 Å². The number of esters is 1. The molecule has 0 saturated carbocycles. The number of hydrogen-bond donors (Lipinski definition) is 1. The van der Waals surface area contributed by atoms with Crippen molar-refractivity contribution < 1.29 is 14.6 Å². The van der Waals surface area contributed by atoms with Gasteiger partial charge < -0.3 is 14.7 Å². The zero-order valence-electron chi connectivity index (χ0n) is 8.83. The van der Waals surface area contributed by atoms with Crippen LogP contribution in [0.5, 0.6) is 0 Å². The van der Waals surface area contributed by atoms with E-state index in [1.165, 1.54) is 14.0 Å². The Hall–Kier alpha value is -0.610. The van der Waals surface area contributed by atoms with Gasteiger partial charge in [-0.1, -0.05) is 6.92 Å². The third kappa shape index (κ3) is 4.24. The Morgan fingerprint density at radius 1 is 1.62 bits per heavy atom. The topological polar surface area (TPSA) is 49.8 Å². The second-order valence-electron chi connectivity index (χ2n) is 3.50. The van der Waals surface area contributed by atoms with Crippen LogP contribution in [0.3, 0.4) is 0 Å². The van der Waals surface area contributed by atoms with E-state index in [1.54, 1.807) is 0 Å². The number of carbonyl (C=O) groups is 1. The largest absolute Gasteiger partial charge is 0.467 e. The number of rotatable bonds is 5. The Morgan fingerprint density at radius 2 is 2.15 bits per heavy atom. The van der Waals surface area contributed by atoms with Crippen molar-refractivity contribution in [2.45, 2.75) is 25.9 Å². The van der Waals surface area contributed by atoms with Gasteiger partial charge in [-0.15, -0.1) is 0 Å². The molecule has 0 radical (unpaired) electrons. The van der Waals surface area contributed by atoms with Crippen LogP contribution in [0.4, 0.5) is 0 Å². The highest BCUT2D eigenvalue weighted by atomic mass is 16.5. The molecule has 1 N–H and O–H groups in total. The third-order valence-electron chi connectivity index (χ3n) is 1.81. The molecule has 0 aliphatic heterocycles. The third-order valence-corrected chi connectivity index (χ3v) is 1.81. The van der Waals surface area contributed by atoms with Crippen LogP contribution in [-0.4, -0.2) is 48.8 Å². The number of ether oxygens (including phenoxy) is 1. The lowest BCUT2D eigenvalue weighted by atomic mass is 10.1. The van der Waals surface area contributed by atoms with Crippen molar-refractivity contribution in [1.82, 2.24) is 4.90 Å². The molecule has 0 aliphatic carbocycles. The summed E-state index contributed by atoms with van der Waals surface area (Å²) in [6.07, 6.45) is 0.994. The fraction of sp³-hybridized carbons (Fsp3) is 0.889. The summed E-state index contributed by atoms with van der Waals surface area (Å²) in [5.74, 6) is -0.588. The maximum atomic E-state index is 11.1. The van der Waals surface area contributed by atoms with Crippen LogP contribution < -0.4 is 0 Å². The Morgan fingerprint density at radius 3 is 2.54 bits per heavy atom. The van der Waals surface area contributed by atoms with E-state index in [9.17, 15) is 9.90 Å². The minimum absolute atomic E-state index is 0.299. The van der Waals surface area contributed by atoms with Crippen molar-refractivity contribution in [3.63, 3.8) is 0 Å². The molecule has 0 aromatic heterocycles. The van der Waals surface area contributed by atoms with Crippen LogP contribution in [-0.2, 0) is 9.53 Å². The molecule has 0 saturated heterocycles. The molecule has 0 aromatic carbocycles. The van der Waals surface area contributed by atoms with Crippen molar-refractivity contribution in [3.05, 3.63) is 0 Å². The second-order valence-corrected chi connectivity index (χ2v) is 3.50. The highest BCUT2D eigenvalue weighted by molar-refractivity contribution is 5.78. The van der Waals surface area contributed by atoms with Gasteiger partial charge in [0, 0.05) is 6.54 Å². The van der Waals surface area contributed by atoms with Crippen molar-refractivity contribution in [1.29, 1.82) is 0 Å². The molecular weight excluding hydrogens is 170 g/mol. The molecule has 1 unspecified atom stereocenters. The molecule has 0 spiro atoms. The summed E-state index contributed by atoms with van der Waals surface area (Å²) in [6.45, 7) is 4.66. The zero-order chi connectivity index (χ0) is 10.5. The number of aliphatic hydroxyl groups is 1. The average Bonchev–Trinajstić information content (AvgIpc) is 2.02. The zero-order valence-corrected chi connectivity index (χ0v) is 8.83. The smallest absolute Gasteiger partial charge is 0.338 e. The molecule has 13 heavy (non-hydrogen) atoms. The molecule has 4 heteroatoms. The first-order chi connectivity index (χ1) is 5.94. The lowest BCUT2D eigenvalue weighted by molar-refractivity contribution is -0.162. The summed E-state index contributed by atoms with van der Waals surface area (Å²) in [5, 5.41) is 9.66. The molecule has 4 nitrogen and oxygen atoms in total. The number of nitrogens with zero attached hydrogens (tertiary/aromatic N) is 1. The van der Waals surface area contributed by atoms with Gasteiger partial charge in [-0.25, -0.2) is 4.79 Å². The summed E-state index contributed by atoms with van der Waals surface area (Å²) < 4.78 is 4.48. The second kappa shape index (κ2) is 5.19. The van der Waals surface area contributed by atoms with Gasteiger partial charge in [0.25, 0.3) is 0 Å². The molecule has 1 atom stereocenters. The highest BCUT2D eigenvalue weighted by Gasteiger charge is 2.32. The van der Waals surface area contributed by atoms with Crippen LogP contribution in [0.1, 0.15) is 20.3 Å². The molecule has 0 bridgehead atoms. The molecule has 0 rings (SSSR count). The van der Waals surface area contributed by atoms with Gasteiger partial charge in [0.1, 0.15) is 0 Å². The van der Waals surface area contributed by atoms with Gasteiger partial charge in [-0.3, -0.25) is 0 Å². The lowest BCUT2D eigenvalue weighted by Gasteiger charge is -2.26. The van der Waals surface area contributed by atoms with Gasteiger partial charge in [-0.05, 0) is 26.9 Å². The number of hydrogen-bond acceptors (Lipinski definition) is 4. The van der Waals surface area contributed by atoms with Gasteiger partial charge in [0.2, 0.25) is 0 Å². The van der Waals surface area contributed by atoms with E-state index in [0.717, 1.165) is 13.0 Å². The van der Waals surface area contributed by atoms with Crippen molar-refractivity contribution in [2.75, 3.05) is 27.2 Å². The first kappa shape index (κ1) is 12.4. The SMILES string of the molecule is CCCN(C)CC(C)(O)C(=O)OC. The number of methoxy groups -OCH3 is 1. The van der Waals surface area contributed by atoms with E-state index < -0.39 is 11.6 Å². The summed E-state index contributed by atoms with van der Waals surface area (Å²) in [5.41, 5.74) is -1.40. The molecule has 0 heterocycles. The maximum absolute atomic E-state index is 11.1. The summed E-state index contributed by atoms with van der Waals surface area (Å²) in [4.78, 5) is 13.0. The van der Waals surface area contributed by atoms with Crippen LogP contribution >= 0.6 is 0 Å². The van der Waals surface area contributed by atoms with Crippen LogP contribution in [0.2, 0.25) is 0 Å². The Labute approximate surface area is 79.5 Å².